The van der Waals surface area contributed by atoms with Crippen LogP contribution in [0.25, 0.3) is 0 Å². The van der Waals surface area contributed by atoms with Crippen molar-refractivity contribution in [1.82, 2.24) is 0 Å². The molecule has 1 aromatic rings. The highest BCUT2D eigenvalue weighted by Crippen LogP contribution is 2.01. The molecule has 0 fully saturated rings. The first-order valence-corrected chi connectivity index (χ1v) is 6.92. The summed E-state index contributed by atoms with van der Waals surface area (Å²) in [5, 5.41) is 9.47. The lowest BCUT2D eigenvalue weighted by Crippen LogP contribution is -2.41. The zero-order valence-corrected chi connectivity index (χ0v) is 8.61. The normalized spacial score (nSPS) is 11.3. The molecule has 0 unspecified atom stereocenters. The Morgan fingerprint density at radius 2 is 1.69 bits per heavy atom. The zero-order chi connectivity index (χ0) is 10.1. The van der Waals surface area contributed by atoms with Gasteiger partial charge in [-0.25, -0.2) is 4.79 Å². The predicted octanol–water partition coefficient (Wildman–Crippen LogP) is 0.789. The summed E-state index contributed by atoms with van der Waals surface area (Å²) in [4.78, 5) is 20.2. The average molecular weight is 196 g/mol. The van der Waals surface area contributed by atoms with E-state index in [0.29, 0.717) is 0 Å². The van der Waals surface area contributed by atoms with Crippen molar-refractivity contribution >= 4 is 19.5 Å². The molecule has 0 aliphatic carbocycles. The molecular weight excluding hydrogens is 184 g/mol. The number of carbonyl (C=O) groups is 1. The lowest BCUT2D eigenvalue weighted by molar-refractivity contribution is 0.0697. The molecule has 0 atom stereocenters. The molecule has 1 aromatic carbocycles. The third kappa shape index (κ3) is 2.40. The Labute approximate surface area is 77.8 Å². The highest BCUT2D eigenvalue weighted by molar-refractivity contribution is 6.83. The first-order chi connectivity index (χ1) is 5.91. The van der Waals surface area contributed by atoms with Crippen molar-refractivity contribution in [1.29, 1.82) is 0 Å². The molecular formula is C9H12O3Si. The molecule has 0 aromatic heterocycles. The van der Waals surface area contributed by atoms with Crippen LogP contribution in [0.3, 0.4) is 0 Å². The number of benzene rings is 1. The van der Waals surface area contributed by atoms with E-state index < -0.39 is 14.3 Å². The summed E-state index contributed by atoms with van der Waals surface area (Å²) >= 11 is 0. The summed E-state index contributed by atoms with van der Waals surface area (Å²) in [6.45, 7) is 3.59. The van der Waals surface area contributed by atoms with E-state index in [2.05, 4.69) is 0 Å². The molecule has 0 bridgehead atoms. The van der Waals surface area contributed by atoms with Crippen LogP contribution in [0.15, 0.2) is 24.3 Å². The largest absolute Gasteiger partial charge is 0.478 e. The second-order valence-electron chi connectivity index (χ2n) is 3.44. The van der Waals surface area contributed by atoms with Crippen LogP contribution in [0.4, 0.5) is 0 Å². The third-order valence-electron chi connectivity index (χ3n) is 1.84. The molecule has 0 saturated carbocycles. The van der Waals surface area contributed by atoms with Crippen LogP contribution in [0.2, 0.25) is 13.1 Å². The second kappa shape index (κ2) is 3.31. The summed E-state index contributed by atoms with van der Waals surface area (Å²) in [7, 11) is -2.28. The van der Waals surface area contributed by atoms with Crippen LogP contribution in [-0.2, 0) is 0 Å². The smallest absolute Gasteiger partial charge is 0.335 e. The number of hydrogen-bond acceptors (Lipinski definition) is 2. The van der Waals surface area contributed by atoms with Crippen LogP contribution >= 0.6 is 0 Å². The molecule has 4 heteroatoms. The maximum Gasteiger partial charge on any atom is 0.335 e. The molecule has 0 radical (unpaired) electrons. The predicted molar refractivity (Wildman–Crippen MR) is 52.7 cm³/mol. The van der Waals surface area contributed by atoms with E-state index in [1.807, 2.05) is 0 Å². The third-order valence-corrected chi connectivity index (χ3v) is 3.58. The van der Waals surface area contributed by atoms with Gasteiger partial charge in [0.05, 0.1) is 5.56 Å². The SMILES string of the molecule is C[Si](C)(O)c1ccc(C(=O)O)cc1. The van der Waals surface area contributed by atoms with E-state index in [0.717, 1.165) is 5.19 Å². The number of carboxylic acids is 1. The quantitative estimate of drug-likeness (QED) is 0.687. The highest BCUT2D eigenvalue weighted by atomic mass is 28.4. The minimum Gasteiger partial charge on any atom is -0.478 e. The van der Waals surface area contributed by atoms with Gasteiger partial charge in [-0.15, -0.1) is 0 Å². The van der Waals surface area contributed by atoms with E-state index in [9.17, 15) is 9.59 Å². The molecule has 2 N–H and O–H groups in total. The standard InChI is InChI=1S/C9H12O3Si/c1-13(2,12)8-5-3-7(4-6-8)9(10)11/h3-6,12H,1-2H3,(H,10,11). The maximum absolute atomic E-state index is 10.5. The van der Waals surface area contributed by atoms with Gasteiger partial charge in [-0.05, 0) is 30.4 Å². The number of aromatic carboxylic acids is 1. The van der Waals surface area contributed by atoms with Crippen molar-refractivity contribution in [3.05, 3.63) is 29.8 Å². The van der Waals surface area contributed by atoms with Gasteiger partial charge in [0.1, 0.15) is 0 Å². The van der Waals surface area contributed by atoms with Crippen molar-refractivity contribution in [2.45, 2.75) is 13.1 Å². The first kappa shape index (κ1) is 9.95. The topological polar surface area (TPSA) is 57.5 Å². The minimum absolute atomic E-state index is 0.252. The van der Waals surface area contributed by atoms with E-state index in [-0.39, 0.29) is 5.56 Å². The lowest BCUT2D eigenvalue weighted by Gasteiger charge is -2.13. The van der Waals surface area contributed by atoms with Crippen LogP contribution in [0.1, 0.15) is 10.4 Å². The number of carboxylic acid groups (broad SMARTS) is 1. The average Bonchev–Trinajstić information content (AvgIpc) is 2.03. The van der Waals surface area contributed by atoms with Gasteiger partial charge in [0.15, 0.2) is 0 Å². The van der Waals surface area contributed by atoms with Crippen molar-refractivity contribution in [3.8, 4) is 0 Å². The van der Waals surface area contributed by atoms with Crippen LogP contribution in [0.5, 0.6) is 0 Å². The molecule has 0 heterocycles. The van der Waals surface area contributed by atoms with Gasteiger partial charge in [0.2, 0.25) is 8.32 Å². The molecule has 70 valence electrons. The van der Waals surface area contributed by atoms with Crippen molar-refractivity contribution in [2.24, 2.45) is 0 Å². The van der Waals surface area contributed by atoms with Gasteiger partial charge in [-0.2, -0.15) is 0 Å². The molecule has 1 rings (SSSR count). The summed E-state index contributed by atoms with van der Waals surface area (Å²) in [5.41, 5.74) is 0.252. The Balaban J connectivity index is 3.01. The van der Waals surface area contributed by atoms with Gasteiger partial charge in [-0.3, -0.25) is 0 Å². The highest BCUT2D eigenvalue weighted by Gasteiger charge is 2.19. The second-order valence-corrected chi connectivity index (χ2v) is 7.14. The monoisotopic (exact) mass is 196 g/mol. The lowest BCUT2D eigenvalue weighted by atomic mass is 10.2. The Bertz CT molecular complexity index is 311. The number of rotatable bonds is 2. The molecule has 0 aliphatic heterocycles. The van der Waals surface area contributed by atoms with Crippen molar-refractivity contribution in [2.75, 3.05) is 0 Å². The van der Waals surface area contributed by atoms with E-state index in [4.69, 9.17) is 5.11 Å². The first-order valence-electron chi connectivity index (χ1n) is 3.97. The van der Waals surface area contributed by atoms with Gasteiger partial charge >= 0.3 is 5.97 Å². The molecule has 0 amide bonds. The summed E-state index contributed by atoms with van der Waals surface area (Å²) < 4.78 is 0. The van der Waals surface area contributed by atoms with Crippen molar-refractivity contribution in [3.63, 3.8) is 0 Å². The van der Waals surface area contributed by atoms with Gasteiger partial charge in [-0.1, -0.05) is 12.1 Å². The minimum atomic E-state index is -2.28. The Morgan fingerprint density at radius 1 is 1.23 bits per heavy atom. The fraction of sp³-hybridized carbons (Fsp3) is 0.222. The Morgan fingerprint density at radius 3 is 2.00 bits per heavy atom. The summed E-state index contributed by atoms with van der Waals surface area (Å²) in [5.74, 6) is -0.941. The van der Waals surface area contributed by atoms with E-state index in [1.54, 1.807) is 25.2 Å². The molecule has 0 aliphatic rings. The van der Waals surface area contributed by atoms with E-state index >= 15 is 0 Å². The maximum atomic E-state index is 10.5. The zero-order valence-electron chi connectivity index (χ0n) is 7.61. The van der Waals surface area contributed by atoms with Crippen LogP contribution in [-0.4, -0.2) is 24.2 Å². The Hall–Kier alpha value is -1.13. The molecule has 13 heavy (non-hydrogen) atoms. The van der Waals surface area contributed by atoms with Crippen LogP contribution < -0.4 is 5.19 Å². The van der Waals surface area contributed by atoms with Crippen molar-refractivity contribution < 1.29 is 14.7 Å². The fourth-order valence-electron chi connectivity index (χ4n) is 1.02. The summed E-state index contributed by atoms with van der Waals surface area (Å²) in [6.07, 6.45) is 0. The fourth-order valence-corrected chi connectivity index (χ4v) is 2.00. The Kier molecular flexibility index (Phi) is 2.54. The van der Waals surface area contributed by atoms with Gasteiger partial charge < -0.3 is 9.90 Å². The van der Waals surface area contributed by atoms with E-state index in [1.165, 1.54) is 12.1 Å². The summed E-state index contributed by atoms with van der Waals surface area (Å²) in [6, 6.07) is 6.39. The van der Waals surface area contributed by atoms with Gasteiger partial charge in [0, 0.05) is 0 Å². The molecule has 0 saturated heterocycles. The van der Waals surface area contributed by atoms with Crippen LogP contribution in [0, 0.1) is 0 Å². The van der Waals surface area contributed by atoms with Gasteiger partial charge in [0.25, 0.3) is 0 Å². The molecule has 0 spiro atoms. The number of hydrogen-bond donors (Lipinski definition) is 2. The molecule has 3 nitrogen and oxygen atoms in total.